The molecule has 1 spiro atoms. The zero-order valence-electron chi connectivity index (χ0n) is 20.1. The molecule has 31 heavy (non-hydrogen) atoms. The molecule has 5 nitrogen and oxygen atoms in total. The van der Waals surface area contributed by atoms with Gasteiger partial charge in [-0.25, -0.2) is 0 Å². The number of ether oxygens (including phenoxy) is 4. The second-order valence-corrected chi connectivity index (χ2v) is 13.0. The maximum atomic E-state index is 14.0. The van der Waals surface area contributed by atoms with Crippen LogP contribution in [0.5, 0.6) is 0 Å². The molecule has 0 amide bonds. The van der Waals surface area contributed by atoms with E-state index in [4.69, 9.17) is 18.9 Å². The van der Waals surface area contributed by atoms with Gasteiger partial charge in [0.15, 0.2) is 17.4 Å². The minimum atomic E-state index is -0.687. The van der Waals surface area contributed by atoms with Crippen LogP contribution in [0.25, 0.3) is 0 Å². The van der Waals surface area contributed by atoms with Crippen molar-refractivity contribution in [3.05, 3.63) is 12.2 Å². The Hall–Kier alpha value is -0.750. The fourth-order valence-corrected chi connectivity index (χ4v) is 9.38. The van der Waals surface area contributed by atoms with E-state index in [-0.39, 0.29) is 52.9 Å². The quantitative estimate of drug-likeness (QED) is 0.524. The van der Waals surface area contributed by atoms with Crippen molar-refractivity contribution in [2.45, 2.75) is 110 Å². The number of carbonyl (C=O) groups excluding carboxylic acids is 1. The predicted molar refractivity (Wildman–Crippen MR) is 115 cm³/mol. The van der Waals surface area contributed by atoms with Gasteiger partial charge >= 0.3 is 0 Å². The highest BCUT2D eigenvalue weighted by atomic mass is 16.8. The molecule has 6 aliphatic rings. The van der Waals surface area contributed by atoms with E-state index in [1.165, 1.54) is 0 Å². The van der Waals surface area contributed by atoms with Crippen molar-refractivity contribution in [3.8, 4) is 0 Å². The average molecular weight is 431 g/mol. The lowest BCUT2D eigenvalue weighted by Gasteiger charge is -2.69. The normalized spacial score (nSPS) is 55.4. The Kier molecular flexibility index (Phi) is 3.80. The monoisotopic (exact) mass is 430 g/mol. The summed E-state index contributed by atoms with van der Waals surface area (Å²) in [5.74, 6) is -0.459. The number of fused-ring (bicyclic) bond motifs is 4. The molecule has 0 radical (unpaired) electrons. The first kappa shape index (κ1) is 20.8. The third-order valence-corrected chi connectivity index (χ3v) is 10.1. The number of rotatable bonds is 0. The summed E-state index contributed by atoms with van der Waals surface area (Å²) in [6.45, 7) is 19.5. The minimum Gasteiger partial charge on any atom is -0.346 e. The van der Waals surface area contributed by atoms with Crippen molar-refractivity contribution in [2.75, 3.05) is 0 Å². The fourth-order valence-electron chi connectivity index (χ4n) is 9.38. The average Bonchev–Trinajstić information content (AvgIpc) is 3.00. The summed E-state index contributed by atoms with van der Waals surface area (Å²) >= 11 is 0. The summed E-state index contributed by atoms with van der Waals surface area (Å²) in [6, 6.07) is 0. The molecule has 2 bridgehead atoms. The van der Waals surface area contributed by atoms with Gasteiger partial charge in [-0.05, 0) is 76.2 Å². The number of ketones is 1. The smallest absolute Gasteiger partial charge is 0.170 e. The van der Waals surface area contributed by atoms with Crippen LogP contribution >= 0.6 is 0 Å². The SMILES string of the molecule is C=C1C(=O)[C@@]23C4OC(C)(C)O[C@@H]2C[C@@H]2C(C)(C)C[C@H]5OC(C)(C)O[C@@H]5[C@@]2(C)[C@@H]3CC[C@@H]14. The van der Waals surface area contributed by atoms with E-state index >= 15 is 0 Å². The second kappa shape index (κ2) is 5.65. The highest BCUT2D eigenvalue weighted by molar-refractivity contribution is 6.04. The molecule has 4 aliphatic carbocycles. The van der Waals surface area contributed by atoms with Gasteiger partial charge in [0.05, 0.1) is 29.8 Å². The molecule has 9 atom stereocenters. The zero-order valence-corrected chi connectivity index (χ0v) is 20.1. The summed E-state index contributed by atoms with van der Waals surface area (Å²) in [4.78, 5) is 14.0. The van der Waals surface area contributed by atoms with Crippen LogP contribution in [0.1, 0.15) is 74.1 Å². The second-order valence-electron chi connectivity index (χ2n) is 13.0. The van der Waals surface area contributed by atoms with E-state index in [1.54, 1.807) is 0 Å². The Labute approximate surface area is 186 Å². The van der Waals surface area contributed by atoms with Crippen LogP contribution in [0.4, 0.5) is 0 Å². The molecule has 0 aromatic heterocycles. The van der Waals surface area contributed by atoms with Crippen molar-refractivity contribution < 1.29 is 23.7 Å². The highest BCUT2D eigenvalue weighted by Gasteiger charge is 2.79. The Balaban J connectivity index is 1.56. The van der Waals surface area contributed by atoms with Crippen LogP contribution in [-0.4, -0.2) is 41.8 Å². The molecule has 0 aromatic rings. The molecule has 0 aromatic carbocycles. The van der Waals surface area contributed by atoms with Gasteiger partial charge in [0.25, 0.3) is 0 Å². The van der Waals surface area contributed by atoms with Gasteiger partial charge in [0.1, 0.15) is 0 Å². The van der Waals surface area contributed by atoms with Crippen LogP contribution in [0, 0.1) is 34.0 Å². The Morgan fingerprint density at radius 3 is 2.19 bits per heavy atom. The molecule has 6 fully saturated rings. The number of hydrogen-bond donors (Lipinski definition) is 0. The summed E-state index contributed by atoms with van der Waals surface area (Å²) in [5.41, 5.74) is -0.00201. The van der Waals surface area contributed by atoms with E-state index in [0.717, 1.165) is 31.3 Å². The summed E-state index contributed by atoms with van der Waals surface area (Å²) in [5, 5.41) is 0. The summed E-state index contributed by atoms with van der Waals surface area (Å²) in [7, 11) is 0. The molecule has 0 N–H and O–H groups in total. The lowest BCUT2D eigenvalue weighted by Crippen LogP contribution is -2.74. The van der Waals surface area contributed by atoms with Gasteiger partial charge in [0.2, 0.25) is 0 Å². The van der Waals surface area contributed by atoms with E-state index in [1.807, 2.05) is 27.7 Å². The molecule has 5 heteroatoms. The molecule has 1 unspecified atom stereocenters. The molecule has 6 rings (SSSR count). The summed E-state index contributed by atoms with van der Waals surface area (Å²) < 4.78 is 26.3. The van der Waals surface area contributed by atoms with E-state index in [9.17, 15) is 4.79 Å². The highest BCUT2D eigenvalue weighted by Crippen LogP contribution is 2.74. The van der Waals surface area contributed by atoms with Crippen LogP contribution in [0.3, 0.4) is 0 Å². The maximum absolute atomic E-state index is 14.0. The molecule has 2 saturated heterocycles. The van der Waals surface area contributed by atoms with Gasteiger partial charge in [-0.1, -0.05) is 27.4 Å². The first-order chi connectivity index (χ1) is 14.2. The Morgan fingerprint density at radius 1 is 0.839 bits per heavy atom. The number of carbonyl (C=O) groups is 1. The maximum Gasteiger partial charge on any atom is 0.170 e. The van der Waals surface area contributed by atoms with Crippen LogP contribution in [0.15, 0.2) is 12.2 Å². The number of Topliss-reactive ketones (excluding diaryl/α,β-unsaturated/α-hetero) is 1. The standard InChI is InChI=1S/C26H38O5/c1-13-14-9-10-16-25(8)17(22(2,3)12-15-21(25)31-23(4,5)28-15)11-18-26(16,19(13)27)20(14)30-24(6,7)29-18/h14-18,20-21H,1,9-12H2,2-8H3/t14-,15+,16-,17+,18+,20?,21-,25-,26-/m0/s1. The van der Waals surface area contributed by atoms with Gasteiger partial charge in [-0.15, -0.1) is 0 Å². The van der Waals surface area contributed by atoms with Crippen LogP contribution < -0.4 is 0 Å². The molecule has 172 valence electrons. The van der Waals surface area contributed by atoms with Crippen molar-refractivity contribution >= 4 is 5.78 Å². The first-order valence-electron chi connectivity index (χ1n) is 12.2. The Bertz CT molecular complexity index is 873. The van der Waals surface area contributed by atoms with Crippen molar-refractivity contribution in [1.29, 1.82) is 0 Å². The molecular formula is C26H38O5. The first-order valence-corrected chi connectivity index (χ1v) is 12.2. The van der Waals surface area contributed by atoms with Gasteiger partial charge in [-0.2, -0.15) is 0 Å². The molecule has 2 aliphatic heterocycles. The fraction of sp³-hybridized carbons (Fsp3) is 0.885. The number of hydrogen-bond acceptors (Lipinski definition) is 5. The Morgan fingerprint density at radius 2 is 1.48 bits per heavy atom. The van der Waals surface area contributed by atoms with Gasteiger partial charge in [-0.3, -0.25) is 4.79 Å². The largest absolute Gasteiger partial charge is 0.346 e. The van der Waals surface area contributed by atoms with Crippen molar-refractivity contribution in [3.63, 3.8) is 0 Å². The lowest BCUT2D eigenvalue weighted by atomic mass is 9.38. The predicted octanol–water partition coefficient (Wildman–Crippen LogP) is 4.63. The van der Waals surface area contributed by atoms with Gasteiger partial charge in [0, 0.05) is 11.3 Å². The van der Waals surface area contributed by atoms with Crippen molar-refractivity contribution in [1.82, 2.24) is 0 Å². The third kappa shape index (κ3) is 2.30. The van der Waals surface area contributed by atoms with E-state index in [2.05, 4.69) is 27.4 Å². The zero-order chi connectivity index (χ0) is 22.4. The molecule has 4 saturated carbocycles. The van der Waals surface area contributed by atoms with E-state index in [0.29, 0.717) is 5.92 Å². The topological polar surface area (TPSA) is 54.0 Å². The lowest BCUT2D eigenvalue weighted by molar-refractivity contribution is -0.385. The third-order valence-electron chi connectivity index (χ3n) is 10.1. The van der Waals surface area contributed by atoms with Crippen molar-refractivity contribution in [2.24, 2.45) is 34.0 Å². The minimum absolute atomic E-state index is 0.0188. The van der Waals surface area contributed by atoms with Crippen LogP contribution in [-0.2, 0) is 23.7 Å². The molecular weight excluding hydrogens is 392 g/mol. The van der Waals surface area contributed by atoms with Crippen LogP contribution in [0.2, 0.25) is 0 Å². The molecule has 2 heterocycles. The summed E-state index contributed by atoms with van der Waals surface area (Å²) in [6.07, 6.45) is 3.54. The van der Waals surface area contributed by atoms with Gasteiger partial charge < -0.3 is 18.9 Å². The van der Waals surface area contributed by atoms with E-state index < -0.39 is 17.0 Å².